The quantitative estimate of drug-likeness (QED) is 0.609. The van der Waals surface area contributed by atoms with Gasteiger partial charge in [0.15, 0.2) is 5.78 Å². The molecule has 2 heteroatoms. The SMILES string of the molecule is COc1ccc(C=CC(=O)c2ccccc2)cc1C. The number of hydrogen-bond acceptors (Lipinski definition) is 2. The fraction of sp³-hybridized carbons (Fsp3) is 0.118. The molecule has 0 saturated heterocycles. The highest BCUT2D eigenvalue weighted by molar-refractivity contribution is 6.06. The van der Waals surface area contributed by atoms with Gasteiger partial charge in [-0.1, -0.05) is 42.5 Å². The number of allylic oxidation sites excluding steroid dienone is 1. The molecular formula is C17H16O2. The van der Waals surface area contributed by atoms with Gasteiger partial charge in [0.2, 0.25) is 0 Å². The van der Waals surface area contributed by atoms with Crippen LogP contribution in [0.3, 0.4) is 0 Å². The summed E-state index contributed by atoms with van der Waals surface area (Å²) in [5.41, 5.74) is 2.74. The first kappa shape index (κ1) is 13.1. The molecule has 96 valence electrons. The third kappa shape index (κ3) is 3.32. The third-order valence-electron chi connectivity index (χ3n) is 2.90. The minimum Gasteiger partial charge on any atom is -0.496 e. The van der Waals surface area contributed by atoms with Crippen LogP contribution in [-0.2, 0) is 0 Å². The molecule has 0 aliphatic heterocycles. The van der Waals surface area contributed by atoms with E-state index in [0.717, 1.165) is 16.9 Å². The lowest BCUT2D eigenvalue weighted by Crippen LogP contribution is -1.93. The summed E-state index contributed by atoms with van der Waals surface area (Å²) in [5, 5.41) is 0. The summed E-state index contributed by atoms with van der Waals surface area (Å²) in [7, 11) is 1.65. The van der Waals surface area contributed by atoms with Gasteiger partial charge in [0, 0.05) is 5.56 Å². The zero-order valence-electron chi connectivity index (χ0n) is 11.1. The number of rotatable bonds is 4. The number of methoxy groups -OCH3 is 1. The monoisotopic (exact) mass is 252 g/mol. The van der Waals surface area contributed by atoms with Gasteiger partial charge in [-0.25, -0.2) is 0 Å². The molecule has 0 N–H and O–H groups in total. The lowest BCUT2D eigenvalue weighted by atomic mass is 10.1. The predicted molar refractivity (Wildman–Crippen MR) is 77.5 cm³/mol. The second-order valence-corrected chi connectivity index (χ2v) is 4.29. The number of benzene rings is 2. The Morgan fingerprint density at radius 1 is 1.11 bits per heavy atom. The summed E-state index contributed by atoms with van der Waals surface area (Å²) in [6.07, 6.45) is 3.42. The molecule has 0 saturated carbocycles. The van der Waals surface area contributed by atoms with Gasteiger partial charge in [0.05, 0.1) is 7.11 Å². The summed E-state index contributed by atoms with van der Waals surface area (Å²) in [6.45, 7) is 1.98. The highest BCUT2D eigenvalue weighted by Gasteiger charge is 2.01. The maximum atomic E-state index is 11.9. The molecule has 2 nitrogen and oxygen atoms in total. The normalized spacial score (nSPS) is 10.6. The van der Waals surface area contributed by atoms with E-state index in [1.807, 2.05) is 61.5 Å². The van der Waals surface area contributed by atoms with Gasteiger partial charge in [-0.2, -0.15) is 0 Å². The molecule has 19 heavy (non-hydrogen) atoms. The minimum atomic E-state index is 0.00840. The molecule has 0 fully saturated rings. The maximum absolute atomic E-state index is 11.9. The van der Waals surface area contributed by atoms with Crippen molar-refractivity contribution in [3.8, 4) is 5.75 Å². The zero-order valence-corrected chi connectivity index (χ0v) is 11.1. The molecule has 0 amide bonds. The van der Waals surface area contributed by atoms with Crippen molar-refractivity contribution < 1.29 is 9.53 Å². The van der Waals surface area contributed by atoms with Gasteiger partial charge in [0.1, 0.15) is 5.75 Å². The molecule has 0 aliphatic carbocycles. The summed E-state index contributed by atoms with van der Waals surface area (Å²) in [4.78, 5) is 11.9. The van der Waals surface area contributed by atoms with Crippen LogP contribution in [0.25, 0.3) is 6.08 Å². The highest BCUT2D eigenvalue weighted by atomic mass is 16.5. The molecule has 0 spiro atoms. The van der Waals surface area contributed by atoms with E-state index in [2.05, 4.69) is 0 Å². The molecule has 2 rings (SSSR count). The van der Waals surface area contributed by atoms with Crippen LogP contribution in [0.2, 0.25) is 0 Å². The third-order valence-corrected chi connectivity index (χ3v) is 2.90. The number of ketones is 1. The van der Waals surface area contributed by atoms with E-state index in [1.165, 1.54) is 0 Å². The topological polar surface area (TPSA) is 26.3 Å². The van der Waals surface area contributed by atoms with Crippen LogP contribution in [0, 0.1) is 6.92 Å². The van der Waals surface area contributed by atoms with Crippen LogP contribution >= 0.6 is 0 Å². The predicted octanol–water partition coefficient (Wildman–Crippen LogP) is 3.90. The number of carbonyl (C=O) groups excluding carboxylic acids is 1. The second kappa shape index (κ2) is 6.01. The van der Waals surface area contributed by atoms with Crippen molar-refractivity contribution in [3.05, 3.63) is 71.3 Å². The number of aryl methyl sites for hydroxylation is 1. The van der Waals surface area contributed by atoms with Gasteiger partial charge >= 0.3 is 0 Å². The van der Waals surface area contributed by atoms with Crippen molar-refractivity contribution >= 4 is 11.9 Å². The summed E-state index contributed by atoms with van der Waals surface area (Å²) in [6, 6.07) is 15.1. The lowest BCUT2D eigenvalue weighted by Gasteiger charge is -2.04. The van der Waals surface area contributed by atoms with Crippen molar-refractivity contribution in [2.24, 2.45) is 0 Å². The van der Waals surface area contributed by atoms with Crippen molar-refractivity contribution in [1.82, 2.24) is 0 Å². The Kier molecular flexibility index (Phi) is 4.14. The second-order valence-electron chi connectivity index (χ2n) is 4.29. The van der Waals surface area contributed by atoms with Gasteiger partial charge in [0.25, 0.3) is 0 Å². The van der Waals surface area contributed by atoms with E-state index in [-0.39, 0.29) is 5.78 Å². The standard InChI is InChI=1S/C17H16O2/c1-13-12-14(9-11-17(13)19-2)8-10-16(18)15-6-4-3-5-7-15/h3-12H,1-2H3. The Hall–Kier alpha value is -2.35. The molecule has 0 radical (unpaired) electrons. The molecule has 0 heterocycles. The van der Waals surface area contributed by atoms with Crippen LogP contribution in [0.1, 0.15) is 21.5 Å². The number of ether oxygens (including phenoxy) is 1. The van der Waals surface area contributed by atoms with Gasteiger partial charge < -0.3 is 4.74 Å². The van der Waals surface area contributed by atoms with Crippen molar-refractivity contribution in [2.45, 2.75) is 6.92 Å². The van der Waals surface area contributed by atoms with Crippen LogP contribution in [0.15, 0.2) is 54.6 Å². The summed E-state index contributed by atoms with van der Waals surface area (Å²) < 4.78 is 5.20. The number of carbonyl (C=O) groups is 1. The van der Waals surface area contributed by atoms with Gasteiger partial charge in [-0.3, -0.25) is 4.79 Å². The first-order valence-electron chi connectivity index (χ1n) is 6.13. The molecule has 2 aromatic carbocycles. The smallest absolute Gasteiger partial charge is 0.185 e. The van der Waals surface area contributed by atoms with Gasteiger partial charge in [-0.15, -0.1) is 0 Å². The molecule has 0 atom stereocenters. The molecule has 0 bridgehead atoms. The fourth-order valence-corrected chi connectivity index (χ4v) is 1.88. The Bertz CT molecular complexity index is 598. The van der Waals surface area contributed by atoms with E-state index in [4.69, 9.17) is 4.74 Å². The Balaban J connectivity index is 2.15. The van der Waals surface area contributed by atoms with E-state index in [9.17, 15) is 4.79 Å². The Labute approximate surface area is 113 Å². The van der Waals surface area contributed by atoms with Crippen molar-refractivity contribution in [1.29, 1.82) is 0 Å². The Morgan fingerprint density at radius 3 is 2.47 bits per heavy atom. The molecule has 0 unspecified atom stereocenters. The molecule has 2 aromatic rings. The fourth-order valence-electron chi connectivity index (χ4n) is 1.88. The van der Waals surface area contributed by atoms with E-state index < -0.39 is 0 Å². The summed E-state index contributed by atoms with van der Waals surface area (Å²) in [5.74, 6) is 0.862. The minimum absolute atomic E-state index is 0.00840. The van der Waals surface area contributed by atoms with Crippen LogP contribution in [0.4, 0.5) is 0 Å². The molecule has 0 aliphatic rings. The first-order valence-corrected chi connectivity index (χ1v) is 6.13. The van der Waals surface area contributed by atoms with Crippen LogP contribution < -0.4 is 4.74 Å². The Morgan fingerprint density at radius 2 is 1.84 bits per heavy atom. The van der Waals surface area contributed by atoms with Crippen molar-refractivity contribution in [2.75, 3.05) is 7.11 Å². The van der Waals surface area contributed by atoms with Crippen LogP contribution in [0.5, 0.6) is 5.75 Å². The maximum Gasteiger partial charge on any atom is 0.185 e. The average Bonchev–Trinajstić information content (AvgIpc) is 2.46. The summed E-state index contributed by atoms with van der Waals surface area (Å²) >= 11 is 0. The number of hydrogen-bond donors (Lipinski definition) is 0. The first-order chi connectivity index (χ1) is 9.20. The highest BCUT2D eigenvalue weighted by Crippen LogP contribution is 2.19. The molecule has 0 aromatic heterocycles. The van der Waals surface area contributed by atoms with E-state index in [1.54, 1.807) is 13.2 Å². The average molecular weight is 252 g/mol. The van der Waals surface area contributed by atoms with E-state index in [0.29, 0.717) is 5.56 Å². The van der Waals surface area contributed by atoms with E-state index >= 15 is 0 Å². The largest absolute Gasteiger partial charge is 0.496 e. The van der Waals surface area contributed by atoms with Gasteiger partial charge in [-0.05, 0) is 36.3 Å². The zero-order chi connectivity index (χ0) is 13.7. The lowest BCUT2D eigenvalue weighted by molar-refractivity contribution is 0.104. The van der Waals surface area contributed by atoms with Crippen LogP contribution in [-0.4, -0.2) is 12.9 Å². The van der Waals surface area contributed by atoms with Crippen molar-refractivity contribution in [3.63, 3.8) is 0 Å². The molecular weight excluding hydrogens is 236 g/mol.